The number of ether oxygens (including phenoxy) is 1. The average molecular weight is 248 g/mol. The van der Waals surface area contributed by atoms with Crippen LogP contribution in [0.25, 0.3) is 0 Å². The van der Waals surface area contributed by atoms with Crippen LogP contribution >= 0.6 is 0 Å². The number of benzene rings is 1. The number of halogens is 1. The molecular weight excluding hydrogens is 239 g/mol. The largest absolute Gasteiger partial charge is 0.484 e. The highest BCUT2D eigenvalue weighted by molar-refractivity contribution is 5.88. The van der Waals surface area contributed by atoms with Gasteiger partial charge in [0.15, 0.2) is 11.6 Å². The normalized spacial score (nSPS) is 10.1. The number of carboxylic acid groups (broad SMARTS) is 1. The lowest BCUT2D eigenvalue weighted by Gasteiger charge is -2.07. The number of hydrogen-bond acceptors (Lipinski definition) is 4. The number of rotatable bonds is 4. The number of aromatic carboxylic acids is 1. The molecule has 1 aromatic heterocycles. The summed E-state index contributed by atoms with van der Waals surface area (Å²) in [5, 5.41) is 8.91. The number of nitrogens with zero attached hydrogens (tertiary/aromatic N) is 2. The van der Waals surface area contributed by atoms with Gasteiger partial charge in [-0.3, -0.25) is 0 Å². The van der Waals surface area contributed by atoms with Crippen molar-refractivity contribution in [3.63, 3.8) is 0 Å². The topological polar surface area (TPSA) is 72.3 Å². The van der Waals surface area contributed by atoms with Crippen LogP contribution in [0.1, 0.15) is 16.1 Å². The summed E-state index contributed by atoms with van der Waals surface area (Å²) in [4.78, 5) is 18.3. The molecule has 92 valence electrons. The molecule has 0 aliphatic carbocycles. The maximum Gasteiger partial charge on any atom is 0.339 e. The van der Waals surface area contributed by atoms with Gasteiger partial charge in [-0.2, -0.15) is 0 Å². The van der Waals surface area contributed by atoms with Crippen molar-refractivity contribution in [2.45, 2.75) is 6.61 Å². The summed E-state index contributed by atoms with van der Waals surface area (Å²) in [5.41, 5.74) is 0.134. The average Bonchev–Trinajstić information content (AvgIpc) is 2.38. The van der Waals surface area contributed by atoms with Crippen molar-refractivity contribution >= 4 is 5.97 Å². The highest BCUT2D eigenvalue weighted by atomic mass is 19.1. The van der Waals surface area contributed by atoms with Gasteiger partial charge in [0, 0.05) is 6.20 Å². The van der Waals surface area contributed by atoms with Gasteiger partial charge in [-0.1, -0.05) is 12.1 Å². The fourth-order valence-corrected chi connectivity index (χ4v) is 1.36. The van der Waals surface area contributed by atoms with E-state index in [9.17, 15) is 9.18 Å². The SMILES string of the molecule is O=C(O)c1cncnc1COc1ccccc1F. The summed E-state index contributed by atoms with van der Waals surface area (Å²) in [7, 11) is 0. The van der Waals surface area contributed by atoms with E-state index in [1.165, 1.54) is 30.7 Å². The van der Waals surface area contributed by atoms with Gasteiger partial charge in [0.05, 0.1) is 5.69 Å². The van der Waals surface area contributed by atoms with Crippen molar-refractivity contribution in [3.8, 4) is 5.75 Å². The number of hydrogen-bond donors (Lipinski definition) is 1. The third-order valence-corrected chi connectivity index (χ3v) is 2.23. The van der Waals surface area contributed by atoms with Crippen LogP contribution in [0.4, 0.5) is 4.39 Å². The molecule has 5 nitrogen and oxygen atoms in total. The molecule has 0 fully saturated rings. The first-order chi connectivity index (χ1) is 8.68. The molecule has 2 rings (SSSR count). The number of aromatic nitrogens is 2. The fraction of sp³-hybridized carbons (Fsp3) is 0.0833. The quantitative estimate of drug-likeness (QED) is 0.894. The summed E-state index contributed by atoms with van der Waals surface area (Å²) in [5.74, 6) is -1.61. The Morgan fingerprint density at radius 1 is 1.39 bits per heavy atom. The van der Waals surface area contributed by atoms with Gasteiger partial charge >= 0.3 is 5.97 Å². The molecule has 1 aromatic carbocycles. The van der Waals surface area contributed by atoms with Gasteiger partial charge in [0.1, 0.15) is 18.5 Å². The second kappa shape index (κ2) is 5.22. The van der Waals surface area contributed by atoms with E-state index < -0.39 is 11.8 Å². The molecule has 0 unspecified atom stereocenters. The zero-order valence-electron chi connectivity index (χ0n) is 9.21. The lowest BCUT2D eigenvalue weighted by atomic mass is 10.2. The van der Waals surface area contributed by atoms with Crippen molar-refractivity contribution in [2.24, 2.45) is 0 Å². The number of carbonyl (C=O) groups is 1. The summed E-state index contributed by atoms with van der Waals surface area (Å²) in [6.07, 6.45) is 2.39. The fourth-order valence-electron chi connectivity index (χ4n) is 1.36. The Morgan fingerprint density at radius 2 is 2.17 bits per heavy atom. The van der Waals surface area contributed by atoms with Gasteiger partial charge in [0.2, 0.25) is 0 Å². The Hall–Kier alpha value is -2.50. The summed E-state index contributed by atoms with van der Waals surface area (Å²) >= 11 is 0. The minimum absolute atomic E-state index is 0.0486. The number of carboxylic acids is 1. The molecule has 0 atom stereocenters. The highest BCUT2D eigenvalue weighted by Gasteiger charge is 2.12. The molecule has 0 aliphatic rings. The standard InChI is InChI=1S/C12H9FN2O3/c13-9-3-1-2-4-11(9)18-6-10-8(12(16)17)5-14-7-15-10/h1-5,7H,6H2,(H,16,17). The monoisotopic (exact) mass is 248 g/mol. The molecule has 1 heterocycles. The molecule has 0 bridgehead atoms. The van der Waals surface area contributed by atoms with Crippen LogP contribution < -0.4 is 4.74 Å². The highest BCUT2D eigenvalue weighted by Crippen LogP contribution is 2.17. The Morgan fingerprint density at radius 3 is 2.89 bits per heavy atom. The molecule has 0 radical (unpaired) electrons. The first kappa shape index (κ1) is 12.0. The smallest absolute Gasteiger partial charge is 0.339 e. The second-order valence-electron chi connectivity index (χ2n) is 3.41. The maximum atomic E-state index is 13.3. The van der Waals surface area contributed by atoms with Crippen LogP contribution in [0.15, 0.2) is 36.8 Å². The van der Waals surface area contributed by atoms with Crippen LogP contribution in [0.2, 0.25) is 0 Å². The molecule has 2 aromatic rings. The zero-order chi connectivity index (χ0) is 13.0. The van der Waals surface area contributed by atoms with E-state index >= 15 is 0 Å². The van der Waals surface area contributed by atoms with E-state index in [0.29, 0.717) is 0 Å². The van der Waals surface area contributed by atoms with Crippen molar-refractivity contribution in [1.82, 2.24) is 9.97 Å². The number of para-hydroxylation sites is 1. The lowest BCUT2D eigenvalue weighted by molar-refractivity contribution is 0.0692. The van der Waals surface area contributed by atoms with E-state index in [4.69, 9.17) is 9.84 Å². The van der Waals surface area contributed by atoms with Crippen LogP contribution in [-0.4, -0.2) is 21.0 Å². The predicted octanol–water partition coefficient (Wildman–Crippen LogP) is 1.89. The van der Waals surface area contributed by atoms with Crippen molar-refractivity contribution in [3.05, 3.63) is 53.9 Å². The molecule has 0 aliphatic heterocycles. The summed E-state index contributed by atoms with van der Waals surface area (Å²) < 4.78 is 18.5. The second-order valence-corrected chi connectivity index (χ2v) is 3.41. The predicted molar refractivity (Wildman–Crippen MR) is 59.7 cm³/mol. The van der Waals surface area contributed by atoms with Crippen LogP contribution in [0.5, 0.6) is 5.75 Å². The minimum atomic E-state index is -1.15. The Kier molecular flexibility index (Phi) is 3.47. The van der Waals surface area contributed by atoms with E-state index in [-0.39, 0.29) is 23.6 Å². The molecule has 6 heteroatoms. The lowest BCUT2D eigenvalue weighted by Crippen LogP contribution is -2.09. The van der Waals surface area contributed by atoms with E-state index in [0.717, 1.165) is 0 Å². The van der Waals surface area contributed by atoms with Gasteiger partial charge in [-0.15, -0.1) is 0 Å². The van der Waals surface area contributed by atoms with Crippen LogP contribution in [-0.2, 0) is 6.61 Å². The van der Waals surface area contributed by atoms with E-state index in [1.54, 1.807) is 6.07 Å². The third-order valence-electron chi connectivity index (χ3n) is 2.23. The van der Waals surface area contributed by atoms with Crippen molar-refractivity contribution in [1.29, 1.82) is 0 Å². The Bertz CT molecular complexity index is 575. The first-order valence-corrected chi connectivity index (χ1v) is 5.08. The summed E-state index contributed by atoms with van der Waals surface area (Å²) in [6.45, 7) is -0.134. The van der Waals surface area contributed by atoms with Crippen molar-refractivity contribution < 1.29 is 19.0 Å². The van der Waals surface area contributed by atoms with Gasteiger partial charge < -0.3 is 9.84 Å². The van der Waals surface area contributed by atoms with Gasteiger partial charge in [-0.25, -0.2) is 19.2 Å². The van der Waals surface area contributed by atoms with Crippen LogP contribution in [0, 0.1) is 5.82 Å². The Balaban J connectivity index is 2.16. The Labute approximate surface area is 102 Å². The molecule has 0 saturated carbocycles. The summed E-state index contributed by atoms with van der Waals surface area (Å²) in [6, 6.07) is 5.87. The van der Waals surface area contributed by atoms with E-state index in [2.05, 4.69) is 9.97 Å². The van der Waals surface area contributed by atoms with Crippen LogP contribution in [0.3, 0.4) is 0 Å². The molecule has 0 saturated heterocycles. The zero-order valence-corrected chi connectivity index (χ0v) is 9.21. The molecular formula is C12H9FN2O3. The molecule has 18 heavy (non-hydrogen) atoms. The molecule has 1 N–H and O–H groups in total. The first-order valence-electron chi connectivity index (χ1n) is 5.08. The van der Waals surface area contributed by atoms with Gasteiger partial charge in [0.25, 0.3) is 0 Å². The minimum Gasteiger partial charge on any atom is -0.484 e. The third kappa shape index (κ3) is 2.60. The molecule has 0 amide bonds. The van der Waals surface area contributed by atoms with E-state index in [1.807, 2.05) is 0 Å². The maximum absolute atomic E-state index is 13.3. The molecule has 0 spiro atoms. The van der Waals surface area contributed by atoms with Gasteiger partial charge in [-0.05, 0) is 12.1 Å². The van der Waals surface area contributed by atoms with Crippen molar-refractivity contribution in [2.75, 3.05) is 0 Å².